The smallest absolute Gasteiger partial charge is 0.329 e. The molecule has 1 aliphatic rings. The predicted molar refractivity (Wildman–Crippen MR) is 69.4 cm³/mol. The Morgan fingerprint density at radius 3 is 3.05 bits per heavy atom. The summed E-state index contributed by atoms with van der Waals surface area (Å²) in [6, 6.07) is -0.790. The molecular formula is C10H14N6O4. The Balaban J connectivity index is 2.47. The van der Waals surface area contributed by atoms with Gasteiger partial charge in [0.2, 0.25) is 17.7 Å². The third-order valence-electron chi connectivity index (χ3n) is 2.90. The maximum absolute atomic E-state index is 11.4. The summed E-state index contributed by atoms with van der Waals surface area (Å²) in [5.74, 6) is -0.342. The monoisotopic (exact) mass is 282 g/mol. The molecule has 20 heavy (non-hydrogen) atoms. The van der Waals surface area contributed by atoms with Crippen molar-refractivity contribution in [1.29, 1.82) is 0 Å². The number of morpholine rings is 1. The lowest BCUT2D eigenvalue weighted by Gasteiger charge is -2.33. The molecule has 3 N–H and O–H groups in total. The Bertz CT molecular complexity index is 536. The third-order valence-corrected chi connectivity index (χ3v) is 2.90. The van der Waals surface area contributed by atoms with Gasteiger partial charge in [-0.25, -0.2) is 4.98 Å². The van der Waals surface area contributed by atoms with Crippen LogP contribution in [0.5, 0.6) is 0 Å². The van der Waals surface area contributed by atoms with E-state index in [1.54, 1.807) is 7.05 Å². The predicted octanol–water partition coefficient (Wildman–Crippen LogP) is -0.883. The summed E-state index contributed by atoms with van der Waals surface area (Å²) in [6.45, 7) is 0.694. The van der Waals surface area contributed by atoms with Crippen molar-refractivity contribution in [2.24, 2.45) is 5.73 Å². The molecule has 0 bridgehead atoms. The molecule has 108 valence electrons. The van der Waals surface area contributed by atoms with Crippen LogP contribution in [-0.4, -0.2) is 53.6 Å². The molecule has 0 aliphatic carbocycles. The quantitative estimate of drug-likeness (QED) is 0.536. The zero-order valence-corrected chi connectivity index (χ0v) is 10.8. The van der Waals surface area contributed by atoms with E-state index in [4.69, 9.17) is 10.5 Å². The summed E-state index contributed by atoms with van der Waals surface area (Å²) in [5.41, 5.74) is 5.02. The number of hydrogen-bond donors (Lipinski definition) is 2. The normalized spacial score (nSPS) is 18.6. The second-order valence-electron chi connectivity index (χ2n) is 4.10. The van der Waals surface area contributed by atoms with Gasteiger partial charge in [0.25, 0.3) is 0 Å². The number of amides is 1. The number of nitro groups is 1. The molecule has 1 amide bonds. The molecule has 10 heteroatoms. The summed E-state index contributed by atoms with van der Waals surface area (Å²) in [5, 5.41) is 13.8. The second kappa shape index (κ2) is 5.65. The van der Waals surface area contributed by atoms with Crippen LogP contribution in [0.2, 0.25) is 0 Å². The number of carbonyl (C=O) groups excluding carboxylic acids is 1. The van der Waals surface area contributed by atoms with Gasteiger partial charge in [-0.15, -0.1) is 0 Å². The van der Waals surface area contributed by atoms with Gasteiger partial charge in [0.05, 0.1) is 18.1 Å². The number of nitrogens with zero attached hydrogens (tertiary/aromatic N) is 4. The van der Waals surface area contributed by atoms with Gasteiger partial charge in [-0.1, -0.05) is 0 Å². The fourth-order valence-corrected chi connectivity index (χ4v) is 1.92. The first-order valence-corrected chi connectivity index (χ1v) is 5.87. The highest BCUT2D eigenvalue weighted by Crippen LogP contribution is 2.28. The Kier molecular flexibility index (Phi) is 3.94. The van der Waals surface area contributed by atoms with E-state index in [9.17, 15) is 14.9 Å². The van der Waals surface area contributed by atoms with E-state index < -0.39 is 16.9 Å². The lowest BCUT2D eigenvalue weighted by molar-refractivity contribution is -0.384. The number of hydrogen-bond acceptors (Lipinski definition) is 8. The maximum Gasteiger partial charge on any atom is 0.329 e. The van der Waals surface area contributed by atoms with E-state index in [1.165, 1.54) is 4.90 Å². The van der Waals surface area contributed by atoms with E-state index in [0.29, 0.717) is 6.61 Å². The van der Waals surface area contributed by atoms with Gasteiger partial charge in [-0.2, -0.15) is 4.98 Å². The van der Waals surface area contributed by atoms with Crippen molar-refractivity contribution in [2.45, 2.75) is 6.04 Å². The lowest BCUT2D eigenvalue weighted by Crippen LogP contribution is -2.53. The minimum absolute atomic E-state index is 0.0569. The van der Waals surface area contributed by atoms with Gasteiger partial charge in [0.1, 0.15) is 12.2 Å². The molecule has 1 aliphatic heterocycles. The van der Waals surface area contributed by atoms with Crippen LogP contribution in [0.15, 0.2) is 6.20 Å². The Labute approximate surface area is 114 Å². The molecule has 1 atom stereocenters. The summed E-state index contributed by atoms with van der Waals surface area (Å²) in [7, 11) is 1.59. The Morgan fingerprint density at radius 1 is 1.70 bits per heavy atom. The van der Waals surface area contributed by atoms with Crippen molar-refractivity contribution in [1.82, 2.24) is 9.97 Å². The fraction of sp³-hybridized carbons (Fsp3) is 0.500. The third kappa shape index (κ3) is 2.59. The first-order chi connectivity index (χ1) is 9.54. The first kappa shape index (κ1) is 13.9. The molecule has 2 heterocycles. The molecule has 0 radical (unpaired) electrons. The Hall–Kier alpha value is -2.49. The van der Waals surface area contributed by atoms with E-state index in [0.717, 1.165) is 6.20 Å². The van der Waals surface area contributed by atoms with E-state index in [-0.39, 0.29) is 30.6 Å². The molecule has 10 nitrogen and oxygen atoms in total. The van der Waals surface area contributed by atoms with Gasteiger partial charge in [0.15, 0.2) is 0 Å². The highest BCUT2D eigenvalue weighted by molar-refractivity contribution is 5.84. The maximum atomic E-state index is 11.4. The first-order valence-electron chi connectivity index (χ1n) is 5.87. The molecule has 2 rings (SSSR count). The summed E-state index contributed by atoms with van der Waals surface area (Å²) >= 11 is 0. The van der Waals surface area contributed by atoms with Gasteiger partial charge in [0, 0.05) is 13.6 Å². The van der Waals surface area contributed by atoms with Gasteiger partial charge >= 0.3 is 5.69 Å². The number of anilines is 2. The Morgan fingerprint density at radius 2 is 2.45 bits per heavy atom. The molecule has 0 aromatic carbocycles. The van der Waals surface area contributed by atoms with Crippen LogP contribution in [-0.2, 0) is 9.53 Å². The fourth-order valence-electron chi connectivity index (χ4n) is 1.92. The zero-order valence-electron chi connectivity index (χ0n) is 10.8. The van der Waals surface area contributed by atoms with E-state index in [1.807, 2.05) is 0 Å². The molecule has 1 fully saturated rings. The molecule has 0 saturated carbocycles. The van der Waals surface area contributed by atoms with Gasteiger partial charge in [-0.3, -0.25) is 14.9 Å². The van der Waals surface area contributed by atoms with E-state index >= 15 is 0 Å². The SMILES string of the molecule is CNc1ncc([N+](=O)[O-])c(N2CCOCC2C(N)=O)n1. The van der Waals surface area contributed by atoms with Crippen molar-refractivity contribution in [3.05, 3.63) is 16.3 Å². The minimum atomic E-state index is -0.790. The number of aromatic nitrogens is 2. The topological polar surface area (TPSA) is 137 Å². The zero-order chi connectivity index (χ0) is 14.7. The summed E-state index contributed by atoms with van der Waals surface area (Å²) < 4.78 is 5.18. The van der Waals surface area contributed by atoms with Crippen molar-refractivity contribution in [3.63, 3.8) is 0 Å². The summed E-state index contributed by atoms with van der Waals surface area (Å²) in [4.78, 5) is 31.3. The van der Waals surface area contributed by atoms with Crippen molar-refractivity contribution in [3.8, 4) is 0 Å². The summed E-state index contributed by atoms with van der Waals surface area (Å²) in [6.07, 6.45) is 1.10. The molecular weight excluding hydrogens is 268 g/mol. The number of ether oxygens (including phenoxy) is 1. The highest BCUT2D eigenvalue weighted by Gasteiger charge is 2.33. The van der Waals surface area contributed by atoms with Gasteiger partial charge in [-0.05, 0) is 0 Å². The lowest BCUT2D eigenvalue weighted by atomic mass is 10.2. The van der Waals surface area contributed by atoms with Gasteiger partial charge < -0.3 is 20.7 Å². The molecule has 1 aromatic rings. The highest BCUT2D eigenvalue weighted by atomic mass is 16.6. The van der Waals surface area contributed by atoms with Crippen LogP contribution in [0.4, 0.5) is 17.5 Å². The number of primary amides is 1. The standard InChI is InChI=1S/C10H14N6O4/c1-12-10-13-4-6(16(18)19)9(14-10)15-2-3-20-5-7(15)8(11)17/h4,7H,2-3,5H2,1H3,(H2,11,17)(H,12,13,14). The van der Waals surface area contributed by atoms with E-state index in [2.05, 4.69) is 15.3 Å². The number of rotatable bonds is 4. The van der Waals surface area contributed by atoms with Crippen LogP contribution in [0, 0.1) is 10.1 Å². The number of carbonyl (C=O) groups is 1. The van der Waals surface area contributed by atoms with Crippen LogP contribution in [0.25, 0.3) is 0 Å². The largest absolute Gasteiger partial charge is 0.377 e. The van der Waals surface area contributed by atoms with Crippen LogP contribution >= 0.6 is 0 Å². The average molecular weight is 282 g/mol. The molecule has 1 unspecified atom stereocenters. The van der Waals surface area contributed by atoms with Crippen LogP contribution < -0.4 is 16.0 Å². The van der Waals surface area contributed by atoms with Crippen molar-refractivity contribution in [2.75, 3.05) is 37.0 Å². The number of nitrogens with two attached hydrogens (primary N) is 1. The molecule has 1 saturated heterocycles. The minimum Gasteiger partial charge on any atom is -0.377 e. The average Bonchev–Trinajstić information content (AvgIpc) is 2.46. The molecule has 0 spiro atoms. The van der Waals surface area contributed by atoms with Crippen LogP contribution in [0.3, 0.4) is 0 Å². The van der Waals surface area contributed by atoms with Crippen molar-refractivity contribution >= 4 is 23.4 Å². The van der Waals surface area contributed by atoms with Crippen LogP contribution in [0.1, 0.15) is 0 Å². The molecule has 1 aromatic heterocycles. The second-order valence-corrected chi connectivity index (χ2v) is 4.10. The van der Waals surface area contributed by atoms with Crippen molar-refractivity contribution < 1.29 is 14.5 Å². The number of nitrogens with one attached hydrogen (secondary N) is 1.